The van der Waals surface area contributed by atoms with Gasteiger partial charge >= 0.3 is 0 Å². The molecule has 6 nitrogen and oxygen atoms in total. The molecule has 0 bridgehead atoms. The van der Waals surface area contributed by atoms with E-state index in [9.17, 15) is 0 Å². The zero-order chi connectivity index (χ0) is 18.2. The lowest BCUT2D eigenvalue weighted by Gasteiger charge is -2.25. The van der Waals surface area contributed by atoms with E-state index < -0.39 is 0 Å². The van der Waals surface area contributed by atoms with Crippen LogP contribution in [0.25, 0.3) is 0 Å². The number of thiophene rings is 1. The number of aliphatic imine (C=N–C) groups is 1. The average molecular weight is 363 g/mol. The Morgan fingerprint density at radius 2 is 2.20 bits per heavy atom. The summed E-state index contributed by atoms with van der Waals surface area (Å²) in [6, 6.07) is 4.51. The first kappa shape index (κ1) is 19.5. The highest BCUT2D eigenvalue weighted by Gasteiger charge is 2.16. The Hall–Kier alpha value is -1.86. The maximum Gasteiger partial charge on any atom is 0.193 e. The van der Waals surface area contributed by atoms with Gasteiger partial charge in [0.05, 0.1) is 18.8 Å². The predicted molar refractivity (Wildman–Crippen MR) is 106 cm³/mol. The summed E-state index contributed by atoms with van der Waals surface area (Å²) in [5.74, 6) is 0.954. The zero-order valence-electron chi connectivity index (χ0n) is 15.9. The number of hydrogen-bond acceptors (Lipinski definition) is 4. The summed E-state index contributed by atoms with van der Waals surface area (Å²) in [5, 5.41) is 9.83. The fraction of sp³-hybridized carbons (Fsp3) is 0.556. The van der Waals surface area contributed by atoms with Gasteiger partial charge in [-0.25, -0.2) is 0 Å². The molecule has 0 spiro atoms. The Labute approximate surface area is 155 Å². The van der Waals surface area contributed by atoms with Crippen molar-refractivity contribution in [1.82, 2.24) is 24.9 Å². The second kappa shape index (κ2) is 9.58. The standard InChI is InChI=1S/C18H30N6S/c1-6-19-18(23(4)10-9-16-8-7-11-25-16)20-13-17(22(2)3)15-12-21-24(5)14-15/h7-8,11-12,14,17H,6,9-10,13H2,1-5H3,(H,19,20). The number of hydrogen-bond donors (Lipinski definition) is 1. The molecule has 2 heterocycles. The second-order valence-corrected chi connectivity index (χ2v) is 7.40. The van der Waals surface area contributed by atoms with Crippen LogP contribution in [-0.4, -0.2) is 66.3 Å². The minimum Gasteiger partial charge on any atom is -0.357 e. The Bertz CT molecular complexity index is 646. The lowest BCUT2D eigenvalue weighted by Crippen LogP contribution is -2.40. The summed E-state index contributed by atoms with van der Waals surface area (Å²) in [4.78, 5) is 10.7. The molecule has 1 atom stereocenters. The second-order valence-electron chi connectivity index (χ2n) is 6.37. The van der Waals surface area contributed by atoms with Gasteiger partial charge in [-0.15, -0.1) is 11.3 Å². The van der Waals surface area contributed by atoms with Crippen molar-refractivity contribution in [3.8, 4) is 0 Å². The number of rotatable bonds is 8. The summed E-state index contributed by atoms with van der Waals surface area (Å²) < 4.78 is 1.84. The van der Waals surface area contributed by atoms with Crippen LogP contribution in [0, 0.1) is 0 Å². The summed E-state index contributed by atoms with van der Waals surface area (Å²) in [7, 11) is 8.22. The smallest absolute Gasteiger partial charge is 0.193 e. The van der Waals surface area contributed by atoms with Gasteiger partial charge in [-0.05, 0) is 38.9 Å². The molecule has 2 aromatic heterocycles. The number of nitrogens with one attached hydrogen (secondary N) is 1. The molecule has 2 rings (SSSR count). The van der Waals surface area contributed by atoms with Gasteiger partial charge in [-0.1, -0.05) is 6.07 Å². The van der Waals surface area contributed by atoms with E-state index in [4.69, 9.17) is 4.99 Å². The lowest BCUT2D eigenvalue weighted by molar-refractivity contribution is 0.305. The van der Waals surface area contributed by atoms with Crippen LogP contribution in [0.3, 0.4) is 0 Å². The van der Waals surface area contributed by atoms with Crippen LogP contribution < -0.4 is 5.32 Å². The van der Waals surface area contributed by atoms with Gasteiger partial charge in [0.1, 0.15) is 0 Å². The summed E-state index contributed by atoms with van der Waals surface area (Å²) in [6.45, 7) is 4.62. The van der Waals surface area contributed by atoms with Crippen molar-refractivity contribution in [1.29, 1.82) is 0 Å². The largest absolute Gasteiger partial charge is 0.357 e. The van der Waals surface area contributed by atoms with Crippen molar-refractivity contribution >= 4 is 17.3 Å². The SMILES string of the molecule is CCNC(=NCC(c1cnn(C)c1)N(C)C)N(C)CCc1cccs1. The number of aromatic nitrogens is 2. The van der Waals surface area contributed by atoms with E-state index in [-0.39, 0.29) is 6.04 Å². The Balaban J connectivity index is 2.03. The first-order chi connectivity index (χ1) is 12.0. The van der Waals surface area contributed by atoms with Crippen molar-refractivity contribution in [2.45, 2.75) is 19.4 Å². The van der Waals surface area contributed by atoms with E-state index in [0.717, 1.165) is 25.5 Å². The molecule has 1 unspecified atom stereocenters. The van der Waals surface area contributed by atoms with Crippen LogP contribution >= 0.6 is 11.3 Å². The van der Waals surface area contributed by atoms with Gasteiger partial charge in [-0.2, -0.15) is 5.10 Å². The van der Waals surface area contributed by atoms with Crippen molar-refractivity contribution in [3.63, 3.8) is 0 Å². The van der Waals surface area contributed by atoms with E-state index in [1.54, 1.807) is 0 Å². The molecule has 0 radical (unpaired) electrons. The highest BCUT2D eigenvalue weighted by molar-refractivity contribution is 7.09. The number of guanidine groups is 1. The third kappa shape index (κ3) is 5.86. The van der Waals surface area contributed by atoms with E-state index >= 15 is 0 Å². The molecule has 25 heavy (non-hydrogen) atoms. The molecule has 0 amide bonds. The van der Waals surface area contributed by atoms with Crippen LogP contribution in [0.4, 0.5) is 0 Å². The fourth-order valence-electron chi connectivity index (χ4n) is 2.66. The third-order valence-electron chi connectivity index (χ3n) is 4.12. The summed E-state index contributed by atoms with van der Waals surface area (Å²) >= 11 is 1.81. The molecule has 0 aliphatic rings. The third-order valence-corrected chi connectivity index (χ3v) is 5.05. The fourth-order valence-corrected chi connectivity index (χ4v) is 3.36. The maximum absolute atomic E-state index is 4.88. The minimum atomic E-state index is 0.216. The maximum atomic E-state index is 4.88. The molecule has 0 aliphatic carbocycles. The van der Waals surface area contributed by atoms with Gasteiger partial charge in [-0.3, -0.25) is 9.67 Å². The van der Waals surface area contributed by atoms with Crippen molar-refractivity contribution in [2.24, 2.45) is 12.0 Å². The monoisotopic (exact) mass is 362 g/mol. The van der Waals surface area contributed by atoms with E-state index in [2.05, 4.69) is 72.0 Å². The van der Waals surface area contributed by atoms with Gasteiger partial charge < -0.3 is 15.1 Å². The Kier molecular flexibility index (Phi) is 7.46. The van der Waals surface area contributed by atoms with Crippen molar-refractivity contribution in [3.05, 3.63) is 40.3 Å². The van der Waals surface area contributed by atoms with Gasteiger partial charge in [0.15, 0.2) is 5.96 Å². The molecular formula is C18H30N6S. The minimum absolute atomic E-state index is 0.216. The molecule has 7 heteroatoms. The van der Waals surface area contributed by atoms with Gasteiger partial charge in [0, 0.05) is 43.8 Å². The number of nitrogens with zero attached hydrogens (tertiary/aromatic N) is 5. The van der Waals surface area contributed by atoms with E-state index in [1.807, 2.05) is 29.3 Å². The number of likely N-dealkylation sites (N-methyl/N-ethyl adjacent to an activating group) is 2. The first-order valence-corrected chi connectivity index (χ1v) is 9.56. The number of aryl methyl sites for hydroxylation is 1. The van der Waals surface area contributed by atoms with E-state index in [1.165, 1.54) is 10.4 Å². The zero-order valence-corrected chi connectivity index (χ0v) is 16.8. The van der Waals surface area contributed by atoms with Crippen molar-refractivity contribution in [2.75, 3.05) is 40.8 Å². The average Bonchev–Trinajstić information content (AvgIpc) is 3.23. The van der Waals surface area contributed by atoms with Gasteiger partial charge in [0.2, 0.25) is 0 Å². The molecule has 0 aromatic carbocycles. The highest BCUT2D eigenvalue weighted by Crippen LogP contribution is 2.17. The molecule has 0 saturated heterocycles. The first-order valence-electron chi connectivity index (χ1n) is 8.68. The topological polar surface area (TPSA) is 48.7 Å². The lowest BCUT2D eigenvalue weighted by atomic mass is 10.1. The molecule has 2 aromatic rings. The van der Waals surface area contributed by atoms with Crippen molar-refractivity contribution < 1.29 is 0 Å². The Morgan fingerprint density at radius 3 is 2.76 bits per heavy atom. The van der Waals surface area contributed by atoms with Gasteiger partial charge in [0.25, 0.3) is 0 Å². The summed E-state index contributed by atoms with van der Waals surface area (Å²) in [5.41, 5.74) is 1.19. The van der Waals surface area contributed by atoms with Crippen LogP contribution in [0.5, 0.6) is 0 Å². The van der Waals surface area contributed by atoms with Crippen LogP contribution in [0.2, 0.25) is 0 Å². The summed E-state index contributed by atoms with van der Waals surface area (Å²) in [6.07, 6.45) is 5.03. The molecule has 1 N–H and O–H groups in total. The quantitative estimate of drug-likeness (QED) is 0.578. The molecule has 0 saturated carbocycles. The molecule has 0 aliphatic heterocycles. The predicted octanol–water partition coefficient (Wildman–Crippen LogP) is 2.22. The van der Waals surface area contributed by atoms with E-state index in [0.29, 0.717) is 6.54 Å². The molecular weight excluding hydrogens is 332 g/mol. The molecule has 0 fully saturated rings. The molecule has 138 valence electrons. The highest BCUT2D eigenvalue weighted by atomic mass is 32.1. The van der Waals surface area contributed by atoms with Crippen LogP contribution in [0.1, 0.15) is 23.4 Å². The van der Waals surface area contributed by atoms with Crippen LogP contribution in [0.15, 0.2) is 34.9 Å². The Morgan fingerprint density at radius 1 is 1.40 bits per heavy atom. The van der Waals surface area contributed by atoms with Crippen LogP contribution in [-0.2, 0) is 13.5 Å². The normalized spacial score (nSPS) is 13.3.